The Kier molecular flexibility index (Phi) is 4.21. The topological polar surface area (TPSA) is 47.4 Å². The van der Waals surface area contributed by atoms with Gasteiger partial charge in [-0.3, -0.25) is 4.79 Å². The largest absolute Gasteiger partial charge is 0.497 e. The molecule has 2 heterocycles. The van der Waals surface area contributed by atoms with Gasteiger partial charge in [0.15, 0.2) is 0 Å². The fourth-order valence-corrected chi connectivity index (χ4v) is 2.56. The molecular weight excluding hydrogens is 323 g/mol. The Balaban J connectivity index is 1.98. The van der Waals surface area contributed by atoms with Crippen molar-refractivity contribution in [2.45, 2.75) is 19.1 Å². The van der Waals surface area contributed by atoms with Crippen LogP contribution in [0.3, 0.4) is 0 Å². The maximum Gasteiger partial charge on any atom is 0.423 e. The third-order valence-electron chi connectivity index (χ3n) is 4.00. The number of hydrogen-bond donors (Lipinski definition) is 0. The minimum Gasteiger partial charge on any atom is -0.497 e. The maximum absolute atomic E-state index is 13.4. The lowest BCUT2D eigenvalue weighted by Crippen LogP contribution is -2.42. The molecule has 3 rings (SSSR count). The summed E-state index contributed by atoms with van der Waals surface area (Å²) >= 11 is 0. The third-order valence-corrected chi connectivity index (χ3v) is 4.00. The zero-order chi connectivity index (χ0) is 17.3. The molecule has 5 nitrogen and oxygen atoms in total. The summed E-state index contributed by atoms with van der Waals surface area (Å²) in [6.07, 6.45) is -2.77. The second-order valence-electron chi connectivity index (χ2n) is 5.55. The molecule has 0 saturated carbocycles. The molecule has 0 unspecified atom stereocenters. The maximum atomic E-state index is 13.4. The van der Waals surface area contributed by atoms with Crippen LogP contribution in [0.15, 0.2) is 35.3 Å². The normalized spacial score (nSPS) is 14.4. The van der Waals surface area contributed by atoms with Gasteiger partial charge in [-0.15, -0.1) is 0 Å². The SMILES string of the molecule is COc1ccc(Cn2ncc(N3CCC3)c(C(F)(F)F)c2=O)cc1. The van der Waals surface area contributed by atoms with Gasteiger partial charge in [-0.2, -0.15) is 18.3 Å². The molecule has 1 aliphatic rings. The zero-order valence-corrected chi connectivity index (χ0v) is 13.0. The molecule has 0 atom stereocenters. The molecule has 128 valence electrons. The van der Waals surface area contributed by atoms with E-state index >= 15 is 0 Å². The van der Waals surface area contributed by atoms with E-state index in [1.807, 2.05) is 0 Å². The molecule has 1 aromatic carbocycles. The van der Waals surface area contributed by atoms with E-state index in [1.54, 1.807) is 24.3 Å². The zero-order valence-electron chi connectivity index (χ0n) is 13.0. The Morgan fingerprint density at radius 2 is 1.88 bits per heavy atom. The lowest BCUT2D eigenvalue weighted by atomic mass is 10.1. The van der Waals surface area contributed by atoms with Crippen LogP contribution in [0.4, 0.5) is 18.9 Å². The molecule has 0 spiro atoms. The first-order valence-electron chi connectivity index (χ1n) is 7.45. The van der Waals surface area contributed by atoms with Gasteiger partial charge < -0.3 is 9.64 Å². The van der Waals surface area contributed by atoms with E-state index < -0.39 is 17.3 Å². The van der Waals surface area contributed by atoms with E-state index in [1.165, 1.54) is 12.0 Å². The molecule has 1 aliphatic heterocycles. The van der Waals surface area contributed by atoms with Crippen LogP contribution in [-0.2, 0) is 12.7 Å². The van der Waals surface area contributed by atoms with Gasteiger partial charge in [0.25, 0.3) is 5.56 Å². The fourth-order valence-electron chi connectivity index (χ4n) is 2.56. The number of alkyl halides is 3. The first-order chi connectivity index (χ1) is 11.4. The highest BCUT2D eigenvalue weighted by Crippen LogP contribution is 2.35. The van der Waals surface area contributed by atoms with E-state index in [0.717, 1.165) is 17.3 Å². The monoisotopic (exact) mass is 339 g/mol. The average molecular weight is 339 g/mol. The summed E-state index contributed by atoms with van der Waals surface area (Å²) in [6, 6.07) is 6.73. The molecule has 0 radical (unpaired) electrons. The number of anilines is 1. The van der Waals surface area contributed by atoms with Gasteiger partial charge in [0.1, 0.15) is 11.3 Å². The first-order valence-corrected chi connectivity index (χ1v) is 7.45. The van der Waals surface area contributed by atoms with E-state index in [0.29, 0.717) is 24.4 Å². The fraction of sp³-hybridized carbons (Fsp3) is 0.375. The quantitative estimate of drug-likeness (QED) is 0.859. The van der Waals surface area contributed by atoms with Crippen LogP contribution in [0.1, 0.15) is 17.5 Å². The molecular formula is C16H16F3N3O2. The number of benzene rings is 1. The molecule has 0 N–H and O–H groups in total. The highest BCUT2D eigenvalue weighted by Gasteiger charge is 2.40. The number of ether oxygens (including phenoxy) is 1. The summed E-state index contributed by atoms with van der Waals surface area (Å²) in [5.74, 6) is 0.628. The molecule has 0 aliphatic carbocycles. The molecule has 1 saturated heterocycles. The van der Waals surface area contributed by atoms with Crippen LogP contribution in [-0.4, -0.2) is 30.0 Å². The predicted octanol–water partition coefficient (Wildman–Crippen LogP) is 2.53. The van der Waals surface area contributed by atoms with E-state index in [9.17, 15) is 18.0 Å². The van der Waals surface area contributed by atoms with Crippen molar-refractivity contribution >= 4 is 5.69 Å². The van der Waals surface area contributed by atoms with Crippen molar-refractivity contribution in [3.05, 3.63) is 51.9 Å². The highest BCUT2D eigenvalue weighted by atomic mass is 19.4. The summed E-state index contributed by atoms with van der Waals surface area (Å²) in [6.45, 7) is 0.978. The number of rotatable bonds is 4. The van der Waals surface area contributed by atoms with Crippen LogP contribution in [0.25, 0.3) is 0 Å². The van der Waals surface area contributed by atoms with Crippen LogP contribution in [0.2, 0.25) is 0 Å². The van der Waals surface area contributed by atoms with Crippen molar-refractivity contribution in [1.29, 1.82) is 0 Å². The van der Waals surface area contributed by atoms with Gasteiger partial charge in [-0.25, -0.2) is 4.68 Å². The predicted molar refractivity (Wildman–Crippen MR) is 82.4 cm³/mol. The van der Waals surface area contributed by atoms with Crippen molar-refractivity contribution in [1.82, 2.24) is 9.78 Å². The van der Waals surface area contributed by atoms with Crippen molar-refractivity contribution in [3.8, 4) is 5.75 Å². The molecule has 8 heteroatoms. The van der Waals surface area contributed by atoms with Crippen molar-refractivity contribution in [3.63, 3.8) is 0 Å². The molecule has 1 aromatic heterocycles. The third kappa shape index (κ3) is 3.08. The van der Waals surface area contributed by atoms with Gasteiger partial charge in [-0.1, -0.05) is 12.1 Å². The number of aromatic nitrogens is 2. The minimum absolute atomic E-state index is 0.0355. The summed E-state index contributed by atoms with van der Waals surface area (Å²) in [5, 5.41) is 3.92. The Hall–Kier alpha value is -2.51. The standard InChI is InChI=1S/C16H16F3N3O2/c1-24-12-5-3-11(4-6-12)10-22-15(23)14(16(17,18)19)13(9-20-22)21-7-2-8-21/h3-6,9H,2,7-8,10H2,1H3. The first kappa shape index (κ1) is 16.4. The lowest BCUT2D eigenvalue weighted by Gasteiger charge is -2.34. The Morgan fingerprint density at radius 3 is 2.38 bits per heavy atom. The van der Waals surface area contributed by atoms with E-state index in [-0.39, 0.29) is 12.2 Å². The van der Waals surface area contributed by atoms with Gasteiger partial charge in [0.05, 0.1) is 25.5 Å². The summed E-state index contributed by atoms with van der Waals surface area (Å²) in [5.41, 5.74) is -1.74. The Bertz CT molecular complexity index is 781. The van der Waals surface area contributed by atoms with Gasteiger partial charge in [-0.05, 0) is 24.1 Å². The van der Waals surface area contributed by atoms with Crippen molar-refractivity contribution < 1.29 is 17.9 Å². The van der Waals surface area contributed by atoms with Crippen LogP contribution >= 0.6 is 0 Å². The molecule has 0 bridgehead atoms. The van der Waals surface area contributed by atoms with Crippen LogP contribution < -0.4 is 15.2 Å². The Morgan fingerprint density at radius 1 is 1.21 bits per heavy atom. The molecule has 2 aromatic rings. The van der Waals surface area contributed by atoms with Crippen LogP contribution in [0, 0.1) is 0 Å². The number of hydrogen-bond acceptors (Lipinski definition) is 4. The smallest absolute Gasteiger partial charge is 0.423 e. The van der Waals surface area contributed by atoms with Gasteiger partial charge in [0, 0.05) is 13.1 Å². The number of halogens is 3. The van der Waals surface area contributed by atoms with E-state index in [2.05, 4.69) is 5.10 Å². The average Bonchev–Trinajstić information content (AvgIpc) is 2.48. The second kappa shape index (κ2) is 6.18. The summed E-state index contributed by atoms with van der Waals surface area (Å²) < 4.78 is 46.0. The molecule has 0 amide bonds. The van der Waals surface area contributed by atoms with Crippen molar-refractivity contribution in [2.75, 3.05) is 25.1 Å². The highest BCUT2D eigenvalue weighted by molar-refractivity contribution is 5.53. The number of methoxy groups -OCH3 is 1. The Labute approximate surface area is 136 Å². The van der Waals surface area contributed by atoms with Crippen LogP contribution in [0.5, 0.6) is 5.75 Å². The van der Waals surface area contributed by atoms with Gasteiger partial charge >= 0.3 is 6.18 Å². The second-order valence-corrected chi connectivity index (χ2v) is 5.55. The number of nitrogens with zero attached hydrogens (tertiary/aromatic N) is 3. The minimum atomic E-state index is -4.72. The van der Waals surface area contributed by atoms with Crippen molar-refractivity contribution in [2.24, 2.45) is 0 Å². The van der Waals surface area contributed by atoms with E-state index in [4.69, 9.17) is 4.74 Å². The van der Waals surface area contributed by atoms with Gasteiger partial charge in [0.2, 0.25) is 0 Å². The summed E-state index contributed by atoms with van der Waals surface area (Å²) in [4.78, 5) is 13.9. The molecule has 1 fully saturated rings. The lowest BCUT2D eigenvalue weighted by molar-refractivity contribution is -0.138. The summed E-state index contributed by atoms with van der Waals surface area (Å²) in [7, 11) is 1.52. The molecule has 24 heavy (non-hydrogen) atoms.